The molecule has 0 aliphatic rings. The number of aromatic nitrogens is 4. The van der Waals surface area contributed by atoms with E-state index in [0.717, 1.165) is 12.1 Å². The Labute approximate surface area is 175 Å². The number of aromatic amines is 1. The van der Waals surface area contributed by atoms with Gasteiger partial charge in [0.2, 0.25) is 11.7 Å². The molecule has 0 saturated heterocycles. The topological polar surface area (TPSA) is 102 Å². The highest BCUT2D eigenvalue weighted by atomic mass is 19.4. The van der Waals surface area contributed by atoms with E-state index in [4.69, 9.17) is 4.74 Å². The van der Waals surface area contributed by atoms with Gasteiger partial charge in [-0.25, -0.2) is 4.98 Å². The van der Waals surface area contributed by atoms with Crippen LogP contribution in [0.3, 0.4) is 0 Å². The summed E-state index contributed by atoms with van der Waals surface area (Å²) in [4.78, 5) is 31.9. The maximum Gasteiger partial charge on any atom is 0.417 e. The lowest BCUT2D eigenvalue weighted by Gasteiger charge is -2.14. The van der Waals surface area contributed by atoms with Gasteiger partial charge in [0.1, 0.15) is 5.82 Å². The Bertz CT molecular complexity index is 1200. The van der Waals surface area contributed by atoms with Gasteiger partial charge in [-0.2, -0.15) is 23.0 Å². The second-order valence-electron chi connectivity index (χ2n) is 6.71. The summed E-state index contributed by atoms with van der Waals surface area (Å²) in [7, 11) is 0. The highest BCUT2D eigenvalue weighted by Gasteiger charge is 2.35. The maximum absolute atomic E-state index is 13.3. The summed E-state index contributed by atoms with van der Waals surface area (Å²) >= 11 is 0. The van der Waals surface area contributed by atoms with Gasteiger partial charge in [0.15, 0.2) is 0 Å². The number of hydrogen-bond donors (Lipinski definition) is 2. The third kappa shape index (κ3) is 4.30. The Morgan fingerprint density at radius 3 is 2.48 bits per heavy atom. The van der Waals surface area contributed by atoms with Gasteiger partial charge in [-0.3, -0.25) is 14.6 Å². The van der Waals surface area contributed by atoms with Gasteiger partial charge >= 0.3 is 6.18 Å². The fraction of sp³-hybridized carbons (Fsp3) is 0.300. The van der Waals surface area contributed by atoms with Crippen LogP contribution in [0.5, 0.6) is 5.75 Å². The van der Waals surface area contributed by atoms with Crippen LogP contribution < -0.4 is 15.6 Å². The van der Waals surface area contributed by atoms with Crippen molar-refractivity contribution in [3.8, 4) is 11.7 Å². The summed E-state index contributed by atoms with van der Waals surface area (Å²) in [5.74, 6) is -0.841. The van der Waals surface area contributed by atoms with E-state index in [0.29, 0.717) is 17.0 Å². The Balaban J connectivity index is 2.06. The minimum absolute atomic E-state index is 0.0124. The minimum atomic E-state index is -4.70. The summed E-state index contributed by atoms with van der Waals surface area (Å²) in [6, 6.07) is 4.46. The van der Waals surface area contributed by atoms with E-state index in [1.807, 2.05) is 0 Å². The van der Waals surface area contributed by atoms with Crippen LogP contribution in [0.2, 0.25) is 0 Å². The van der Waals surface area contributed by atoms with Crippen LogP contribution in [-0.2, 0) is 6.18 Å². The maximum atomic E-state index is 13.3. The van der Waals surface area contributed by atoms with Crippen molar-refractivity contribution in [1.29, 1.82) is 0 Å². The van der Waals surface area contributed by atoms with E-state index in [1.54, 1.807) is 27.7 Å². The number of carbonyl (C=O) groups is 1. The quantitative estimate of drug-likeness (QED) is 0.638. The number of nitrogens with one attached hydrogen (secondary N) is 2. The molecule has 2 aromatic heterocycles. The Morgan fingerprint density at radius 1 is 1.19 bits per heavy atom. The summed E-state index contributed by atoms with van der Waals surface area (Å²) < 4.78 is 46.4. The molecule has 164 valence electrons. The van der Waals surface area contributed by atoms with Crippen LogP contribution in [0.4, 0.5) is 19.0 Å². The number of ether oxygens (including phenoxy) is 1. The highest BCUT2D eigenvalue weighted by molar-refractivity contribution is 6.05. The first-order valence-electron chi connectivity index (χ1n) is 9.32. The number of anilines is 1. The summed E-state index contributed by atoms with van der Waals surface area (Å²) in [5, 5.41) is 6.74. The first kappa shape index (κ1) is 22.1. The molecule has 0 aliphatic carbocycles. The molecule has 0 saturated carbocycles. The smallest absolute Gasteiger partial charge is 0.417 e. The number of alkyl halides is 3. The molecule has 0 unspecified atom stereocenters. The molecule has 0 spiro atoms. The molecule has 0 aliphatic heterocycles. The van der Waals surface area contributed by atoms with Crippen molar-refractivity contribution in [2.24, 2.45) is 0 Å². The van der Waals surface area contributed by atoms with E-state index in [2.05, 4.69) is 20.4 Å². The van der Waals surface area contributed by atoms with Crippen LogP contribution in [-0.4, -0.2) is 32.3 Å². The first-order chi connectivity index (χ1) is 14.5. The number of aryl methyl sites for hydroxylation is 2. The summed E-state index contributed by atoms with van der Waals surface area (Å²) in [6.45, 7) is 6.86. The van der Waals surface area contributed by atoms with Gasteiger partial charge in [-0.05, 0) is 39.8 Å². The van der Waals surface area contributed by atoms with E-state index >= 15 is 0 Å². The number of H-pyrrole nitrogens is 1. The average molecular weight is 435 g/mol. The Morgan fingerprint density at radius 2 is 1.87 bits per heavy atom. The lowest BCUT2D eigenvalue weighted by atomic mass is 10.1. The van der Waals surface area contributed by atoms with E-state index in [-0.39, 0.29) is 24.1 Å². The molecule has 2 heterocycles. The molecule has 31 heavy (non-hydrogen) atoms. The second-order valence-corrected chi connectivity index (χ2v) is 6.71. The SMILES string of the molecule is CCOc1c(C)nc(-n2nc(C)c(C)c2NC(=O)c2ccccc2C(F)(F)F)[nH]c1=O. The number of halogens is 3. The van der Waals surface area contributed by atoms with Crippen LogP contribution in [0.1, 0.15) is 39.8 Å². The van der Waals surface area contributed by atoms with E-state index in [1.165, 1.54) is 16.8 Å². The standard InChI is InChI=1S/C20H20F3N5O3/c1-5-31-15-12(4)24-19(26-18(15)30)28-16(10(2)11(3)27-28)25-17(29)13-8-6-7-9-14(13)20(21,22)23/h6-9H,5H2,1-4H3,(H,25,29)(H,24,26,30). The predicted octanol–water partition coefficient (Wildman–Crippen LogP) is 3.55. The zero-order valence-electron chi connectivity index (χ0n) is 17.2. The van der Waals surface area contributed by atoms with E-state index < -0.39 is 28.8 Å². The third-order valence-corrected chi connectivity index (χ3v) is 4.59. The van der Waals surface area contributed by atoms with Gasteiger partial charge in [0, 0.05) is 5.56 Å². The normalized spacial score (nSPS) is 11.5. The van der Waals surface area contributed by atoms with Crippen molar-refractivity contribution >= 4 is 11.7 Å². The van der Waals surface area contributed by atoms with Gasteiger partial charge in [0.25, 0.3) is 11.5 Å². The molecular weight excluding hydrogens is 415 g/mol. The van der Waals surface area contributed by atoms with Gasteiger partial charge in [-0.1, -0.05) is 12.1 Å². The molecule has 3 rings (SSSR count). The molecule has 1 amide bonds. The molecule has 1 aromatic carbocycles. The molecule has 0 bridgehead atoms. The minimum Gasteiger partial charge on any atom is -0.487 e. The van der Waals surface area contributed by atoms with Crippen LogP contribution in [0.25, 0.3) is 5.95 Å². The summed E-state index contributed by atoms with van der Waals surface area (Å²) in [6.07, 6.45) is -4.70. The monoisotopic (exact) mass is 435 g/mol. The highest BCUT2D eigenvalue weighted by Crippen LogP contribution is 2.32. The summed E-state index contributed by atoms with van der Waals surface area (Å²) in [5.41, 5.74) is -0.845. The molecule has 0 radical (unpaired) electrons. The van der Waals surface area contributed by atoms with Crippen molar-refractivity contribution in [3.63, 3.8) is 0 Å². The lowest BCUT2D eigenvalue weighted by molar-refractivity contribution is -0.137. The predicted molar refractivity (Wildman–Crippen MR) is 107 cm³/mol. The number of nitrogens with zero attached hydrogens (tertiary/aromatic N) is 3. The number of amides is 1. The molecule has 11 heteroatoms. The Hall–Kier alpha value is -3.63. The van der Waals surface area contributed by atoms with Crippen molar-refractivity contribution in [2.75, 3.05) is 11.9 Å². The lowest BCUT2D eigenvalue weighted by Crippen LogP contribution is -2.22. The number of rotatable bonds is 5. The first-order valence-corrected chi connectivity index (χ1v) is 9.32. The zero-order valence-corrected chi connectivity index (χ0v) is 17.2. The Kier molecular flexibility index (Phi) is 5.87. The van der Waals surface area contributed by atoms with Crippen LogP contribution in [0, 0.1) is 20.8 Å². The van der Waals surface area contributed by atoms with Crippen molar-refractivity contribution in [2.45, 2.75) is 33.9 Å². The molecule has 0 fully saturated rings. The fourth-order valence-electron chi connectivity index (χ4n) is 2.98. The molecule has 2 N–H and O–H groups in total. The second kappa shape index (κ2) is 8.25. The van der Waals surface area contributed by atoms with Crippen molar-refractivity contribution in [3.05, 3.63) is 62.7 Å². The van der Waals surface area contributed by atoms with Crippen molar-refractivity contribution in [1.82, 2.24) is 19.7 Å². The number of hydrogen-bond acceptors (Lipinski definition) is 5. The molecular formula is C20H20F3N5O3. The number of benzene rings is 1. The van der Waals surface area contributed by atoms with E-state index in [9.17, 15) is 22.8 Å². The fourth-order valence-corrected chi connectivity index (χ4v) is 2.98. The van der Waals surface area contributed by atoms with Gasteiger partial charge < -0.3 is 10.1 Å². The van der Waals surface area contributed by atoms with Crippen molar-refractivity contribution < 1.29 is 22.7 Å². The van der Waals surface area contributed by atoms with Gasteiger partial charge in [0.05, 0.1) is 29.1 Å². The molecule has 0 atom stereocenters. The van der Waals surface area contributed by atoms with Gasteiger partial charge in [-0.15, -0.1) is 0 Å². The average Bonchev–Trinajstić information content (AvgIpc) is 2.98. The zero-order chi connectivity index (χ0) is 22.9. The molecule has 3 aromatic rings. The largest absolute Gasteiger partial charge is 0.487 e. The third-order valence-electron chi connectivity index (χ3n) is 4.59. The van der Waals surface area contributed by atoms with Crippen LogP contribution >= 0.6 is 0 Å². The number of carbonyl (C=O) groups excluding carboxylic acids is 1. The van der Waals surface area contributed by atoms with Crippen LogP contribution in [0.15, 0.2) is 29.1 Å². The molecule has 8 nitrogen and oxygen atoms in total.